The van der Waals surface area contributed by atoms with E-state index in [2.05, 4.69) is 4.18 Å². The molecule has 4 rings (SSSR count). The van der Waals surface area contributed by atoms with Crippen molar-refractivity contribution >= 4 is 21.4 Å². The molecule has 0 radical (unpaired) electrons. The predicted octanol–water partition coefficient (Wildman–Crippen LogP) is -0.760. The first-order chi connectivity index (χ1) is 17.8. The van der Waals surface area contributed by atoms with Crippen molar-refractivity contribution in [2.24, 2.45) is 0 Å². The van der Waals surface area contributed by atoms with Crippen LogP contribution in [0.25, 0.3) is 22.3 Å². The van der Waals surface area contributed by atoms with E-state index < -0.39 is 87.1 Å². The number of aromatic hydroxyl groups is 2. The summed E-state index contributed by atoms with van der Waals surface area (Å²) in [5, 5.41) is 59.8. The van der Waals surface area contributed by atoms with Crippen molar-refractivity contribution in [3.63, 3.8) is 0 Å². The van der Waals surface area contributed by atoms with Crippen molar-refractivity contribution in [1.82, 2.24) is 0 Å². The number of aliphatic hydroxyl groups excluding tert-OH is 4. The first kappa shape index (κ1) is 27.4. The molecule has 15 nitrogen and oxygen atoms in total. The van der Waals surface area contributed by atoms with E-state index in [1.807, 2.05) is 0 Å². The van der Waals surface area contributed by atoms with E-state index >= 15 is 0 Å². The second kappa shape index (κ2) is 10.3. The van der Waals surface area contributed by atoms with E-state index in [1.165, 1.54) is 25.3 Å². The average molecular weight is 558 g/mol. The van der Waals surface area contributed by atoms with E-state index in [0.717, 1.165) is 6.07 Å². The van der Waals surface area contributed by atoms with Gasteiger partial charge in [0.15, 0.2) is 23.0 Å². The Morgan fingerprint density at radius 1 is 1.00 bits per heavy atom. The fraction of sp³-hybridized carbons (Fsp3) is 0.318. The summed E-state index contributed by atoms with van der Waals surface area (Å²) in [7, 11) is -3.76. The lowest BCUT2D eigenvalue weighted by atomic mass is 9.99. The molecule has 3 aromatic rings. The second-order valence-corrected chi connectivity index (χ2v) is 9.14. The number of methoxy groups -OCH3 is 1. The highest BCUT2D eigenvalue weighted by molar-refractivity contribution is 7.81. The zero-order valence-corrected chi connectivity index (χ0v) is 20.1. The maximum absolute atomic E-state index is 13.5. The molecule has 0 aliphatic carbocycles. The Balaban J connectivity index is 1.94. The minimum Gasteiger partial charge on any atom is -0.507 e. The highest BCUT2D eigenvalue weighted by atomic mass is 32.3. The second-order valence-electron chi connectivity index (χ2n) is 8.12. The summed E-state index contributed by atoms with van der Waals surface area (Å²) in [4.78, 5) is 13.5. The van der Waals surface area contributed by atoms with E-state index in [4.69, 9.17) is 23.2 Å². The molecule has 0 amide bonds. The fourth-order valence-electron chi connectivity index (χ4n) is 3.82. The van der Waals surface area contributed by atoms with E-state index in [9.17, 15) is 43.9 Å². The van der Waals surface area contributed by atoms with E-state index in [-0.39, 0.29) is 17.1 Å². The zero-order valence-electron chi connectivity index (χ0n) is 19.3. The van der Waals surface area contributed by atoms with Crippen LogP contribution in [0.5, 0.6) is 28.7 Å². The molecule has 1 aliphatic rings. The third-order valence-electron chi connectivity index (χ3n) is 5.63. The SMILES string of the molecule is COc1cc(-c2oc3cc(OS(=O)(=O)O)cc(O)c3c(=O)c2O[C@@H]2O[C@H](CO)[C@@H](O)[C@H](O)[C@H]2O)ccc1O. The summed E-state index contributed by atoms with van der Waals surface area (Å²) in [5.74, 6) is -2.89. The lowest BCUT2D eigenvalue weighted by molar-refractivity contribution is -0.277. The lowest BCUT2D eigenvalue weighted by Crippen LogP contribution is -2.60. The van der Waals surface area contributed by atoms with Gasteiger partial charge in [-0.2, -0.15) is 8.42 Å². The van der Waals surface area contributed by atoms with Gasteiger partial charge in [-0.05, 0) is 18.2 Å². The number of rotatable bonds is 7. The zero-order chi connectivity index (χ0) is 27.9. The van der Waals surface area contributed by atoms with Gasteiger partial charge in [-0.25, -0.2) is 0 Å². The molecule has 16 heteroatoms. The summed E-state index contributed by atoms with van der Waals surface area (Å²) >= 11 is 0. The number of fused-ring (bicyclic) bond motifs is 1. The monoisotopic (exact) mass is 558 g/mol. The Kier molecular flexibility index (Phi) is 7.39. The topological polar surface area (TPSA) is 243 Å². The molecule has 0 spiro atoms. The lowest BCUT2D eigenvalue weighted by Gasteiger charge is -2.39. The molecular formula is C22H22O15S. The smallest absolute Gasteiger partial charge is 0.446 e. The largest absolute Gasteiger partial charge is 0.507 e. The van der Waals surface area contributed by atoms with E-state index in [0.29, 0.717) is 6.07 Å². The van der Waals surface area contributed by atoms with Gasteiger partial charge in [0.05, 0.1) is 13.7 Å². The Hall–Kier alpha value is -3.64. The van der Waals surface area contributed by atoms with Gasteiger partial charge in [0.25, 0.3) is 0 Å². The molecule has 0 bridgehead atoms. The molecule has 1 fully saturated rings. The molecule has 0 unspecified atom stereocenters. The minimum atomic E-state index is -5.01. The first-order valence-electron chi connectivity index (χ1n) is 10.7. The maximum Gasteiger partial charge on any atom is 0.446 e. The van der Waals surface area contributed by atoms with Crippen LogP contribution in [0.15, 0.2) is 39.5 Å². The van der Waals surface area contributed by atoms with Gasteiger partial charge in [0.2, 0.25) is 17.5 Å². The Bertz CT molecular complexity index is 1510. The van der Waals surface area contributed by atoms with Crippen LogP contribution in [-0.4, -0.2) is 88.0 Å². The number of hydrogen-bond acceptors (Lipinski definition) is 14. The number of aliphatic hydroxyl groups is 4. The number of benzene rings is 2. The van der Waals surface area contributed by atoms with Crippen molar-refractivity contribution in [3.05, 3.63) is 40.6 Å². The van der Waals surface area contributed by atoms with Crippen LogP contribution in [0.1, 0.15) is 0 Å². The van der Waals surface area contributed by atoms with Gasteiger partial charge >= 0.3 is 10.4 Å². The van der Waals surface area contributed by atoms with Gasteiger partial charge in [-0.3, -0.25) is 9.35 Å². The molecule has 0 saturated carbocycles. The Morgan fingerprint density at radius 2 is 1.71 bits per heavy atom. The molecule has 206 valence electrons. The molecule has 7 N–H and O–H groups in total. The van der Waals surface area contributed by atoms with Crippen LogP contribution in [0.2, 0.25) is 0 Å². The summed E-state index contributed by atoms with van der Waals surface area (Å²) in [6.45, 7) is -0.781. The van der Waals surface area contributed by atoms with Gasteiger partial charge in [0, 0.05) is 17.7 Å². The van der Waals surface area contributed by atoms with Gasteiger partial charge in [-0.15, -0.1) is 0 Å². The predicted molar refractivity (Wildman–Crippen MR) is 124 cm³/mol. The third kappa shape index (κ3) is 5.18. The highest BCUT2D eigenvalue weighted by Gasteiger charge is 2.45. The van der Waals surface area contributed by atoms with Gasteiger partial charge in [-0.1, -0.05) is 0 Å². The van der Waals surface area contributed by atoms with Crippen LogP contribution in [0.3, 0.4) is 0 Å². The third-order valence-corrected chi connectivity index (χ3v) is 6.04. The standard InChI is InChI=1S/C22H22O15S/c1-33-12-4-8(2-3-10(12)24)20-21(36-22-19(29)18(28)16(26)14(7-23)35-22)17(27)15-11(25)5-9(6-13(15)34-20)37-38(30,31)32/h2-6,14,16,18-19,22-26,28-29H,7H2,1H3,(H,30,31,32)/t14-,16-,18+,19-,22+/m1/s1. The molecular weight excluding hydrogens is 536 g/mol. The number of ether oxygens (including phenoxy) is 3. The van der Waals surface area contributed by atoms with Gasteiger partial charge in [0.1, 0.15) is 41.1 Å². The highest BCUT2D eigenvalue weighted by Crippen LogP contribution is 2.40. The van der Waals surface area contributed by atoms with Crippen molar-refractivity contribution < 1.29 is 66.4 Å². The van der Waals surface area contributed by atoms with Crippen molar-refractivity contribution in [3.8, 4) is 40.1 Å². The quantitative estimate of drug-likeness (QED) is 0.176. The summed E-state index contributed by atoms with van der Waals surface area (Å²) in [6.07, 6.45) is -8.67. The van der Waals surface area contributed by atoms with Crippen molar-refractivity contribution in [2.75, 3.05) is 13.7 Å². The molecule has 38 heavy (non-hydrogen) atoms. The van der Waals surface area contributed by atoms with Gasteiger partial charge < -0.3 is 53.4 Å². The first-order valence-corrected chi connectivity index (χ1v) is 12.1. The Labute approximate surface area is 213 Å². The number of hydrogen-bond donors (Lipinski definition) is 7. The van der Waals surface area contributed by atoms with E-state index in [1.54, 1.807) is 0 Å². The molecule has 1 aliphatic heterocycles. The number of phenolic OH excluding ortho intramolecular Hbond substituents is 2. The molecule has 1 saturated heterocycles. The molecule has 2 heterocycles. The minimum absolute atomic E-state index is 0.0406. The van der Waals surface area contributed by atoms with Crippen molar-refractivity contribution in [1.29, 1.82) is 0 Å². The van der Waals surface area contributed by atoms with Crippen LogP contribution in [-0.2, 0) is 15.1 Å². The maximum atomic E-state index is 13.5. The summed E-state index contributed by atoms with van der Waals surface area (Å²) < 4.78 is 57.2. The molecule has 2 aromatic carbocycles. The normalized spacial score (nSPS) is 23.8. The van der Waals surface area contributed by atoms with Crippen LogP contribution >= 0.6 is 0 Å². The average Bonchev–Trinajstić information content (AvgIpc) is 2.84. The van der Waals surface area contributed by atoms with Crippen LogP contribution in [0, 0.1) is 0 Å². The van der Waals surface area contributed by atoms with Crippen LogP contribution < -0.4 is 19.1 Å². The molecule has 5 atom stereocenters. The molecule has 1 aromatic heterocycles. The fourth-order valence-corrected chi connectivity index (χ4v) is 4.16. The van der Waals surface area contributed by atoms with Crippen LogP contribution in [0.4, 0.5) is 0 Å². The summed E-state index contributed by atoms with van der Waals surface area (Å²) in [6, 6.07) is 5.28. The number of phenols is 2. The Morgan fingerprint density at radius 3 is 2.34 bits per heavy atom. The van der Waals surface area contributed by atoms with Crippen molar-refractivity contribution in [2.45, 2.75) is 30.7 Å². The summed E-state index contributed by atoms with van der Waals surface area (Å²) in [5.41, 5.74) is -1.46.